The Morgan fingerprint density at radius 3 is 2.78 bits per heavy atom. The van der Waals surface area contributed by atoms with Crippen LogP contribution in [0.5, 0.6) is 0 Å². The molecule has 37 heavy (non-hydrogen) atoms. The van der Waals surface area contributed by atoms with Crippen LogP contribution in [0, 0.1) is 0 Å². The van der Waals surface area contributed by atoms with Crippen LogP contribution in [0.15, 0.2) is 67.6 Å². The fourth-order valence-corrected chi connectivity index (χ4v) is 4.77. The van der Waals surface area contributed by atoms with E-state index in [0.717, 1.165) is 24.1 Å². The van der Waals surface area contributed by atoms with Gasteiger partial charge in [-0.05, 0) is 49.1 Å². The van der Waals surface area contributed by atoms with Crippen molar-refractivity contribution in [3.05, 3.63) is 84.7 Å². The number of carbonyl (C=O) groups is 2. The van der Waals surface area contributed by atoms with Gasteiger partial charge in [-0.15, -0.1) is 0 Å². The lowest BCUT2D eigenvalue weighted by atomic mass is 10.1. The van der Waals surface area contributed by atoms with Gasteiger partial charge >= 0.3 is 0 Å². The molecule has 4 heterocycles. The molecule has 1 atom stereocenters. The molecule has 0 unspecified atom stereocenters. The number of carbonyl (C=O) groups excluding carboxylic acids is 2. The van der Waals surface area contributed by atoms with Gasteiger partial charge in [0.25, 0.3) is 5.91 Å². The minimum atomic E-state index is -0.255. The molecule has 0 radical (unpaired) electrons. The van der Waals surface area contributed by atoms with Crippen LogP contribution in [0.2, 0.25) is 0 Å². The number of benzene rings is 1. The van der Waals surface area contributed by atoms with Crippen LogP contribution in [0.3, 0.4) is 0 Å². The first kappa shape index (κ1) is 24.2. The molecule has 0 saturated carbocycles. The SMILES string of the molecule is C=CC(=O)N1CCC[C@H]1c1nc(-c2cccc(C(=O)Nc3ccc(C(C)C)nc3)c2)c2c(N)nccn12. The molecular formula is C28H29N7O2. The molecule has 0 bridgehead atoms. The number of aromatic nitrogens is 4. The molecule has 3 aromatic heterocycles. The highest BCUT2D eigenvalue weighted by Crippen LogP contribution is 2.36. The summed E-state index contributed by atoms with van der Waals surface area (Å²) in [4.78, 5) is 41.0. The first-order valence-electron chi connectivity index (χ1n) is 12.3. The van der Waals surface area contributed by atoms with Crippen molar-refractivity contribution in [3.8, 4) is 11.3 Å². The summed E-state index contributed by atoms with van der Waals surface area (Å²) < 4.78 is 1.89. The Labute approximate surface area is 215 Å². The molecule has 1 aliphatic rings. The molecule has 9 nitrogen and oxygen atoms in total. The minimum absolute atomic E-state index is 0.127. The van der Waals surface area contributed by atoms with E-state index in [-0.39, 0.29) is 17.9 Å². The molecule has 1 saturated heterocycles. The van der Waals surface area contributed by atoms with Crippen molar-refractivity contribution in [2.45, 2.75) is 38.6 Å². The van der Waals surface area contributed by atoms with E-state index >= 15 is 0 Å². The van der Waals surface area contributed by atoms with E-state index < -0.39 is 0 Å². The van der Waals surface area contributed by atoms with E-state index in [1.165, 1.54) is 6.08 Å². The van der Waals surface area contributed by atoms with Crippen LogP contribution in [0.1, 0.15) is 60.5 Å². The molecule has 0 aliphatic carbocycles. The second kappa shape index (κ2) is 9.85. The third-order valence-corrected chi connectivity index (χ3v) is 6.65. The molecule has 1 aliphatic heterocycles. The number of hydrogen-bond acceptors (Lipinski definition) is 6. The lowest BCUT2D eigenvalue weighted by Gasteiger charge is -2.22. The number of pyridine rings is 1. The lowest BCUT2D eigenvalue weighted by molar-refractivity contribution is -0.127. The molecule has 3 N–H and O–H groups in total. The smallest absolute Gasteiger partial charge is 0.255 e. The van der Waals surface area contributed by atoms with Crippen LogP contribution >= 0.6 is 0 Å². The fourth-order valence-electron chi connectivity index (χ4n) is 4.77. The summed E-state index contributed by atoms with van der Waals surface area (Å²) in [6.45, 7) is 8.42. The average Bonchev–Trinajstić information content (AvgIpc) is 3.54. The van der Waals surface area contributed by atoms with E-state index in [9.17, 15) is 9.59 Å². The topological polar surface area (TPSA) is 119 Å². The maximum absolute atomic E-state index is 13.1. The normalized spacial score (nSPS) is 15.3. The Kier molecular flexibility index (Phi) is 6.43. The Morgan fingerprint density at radius 2 is 2.05 bits per heavy atom. The first-order valence-corrected chi connectivity index (χ1v) is 12.3. The number of nitrogen functional groups attached to an aromatic ring is 1. The summed E-state index contributed by atoms with van der Waals surface area (Å²) >= 11 is 0. The largest absolute Gasteiger partial charge is 0.382 e. The molecule has 1 aromatic carbocycles. The number of rotatable bonds is 6. The van der Waals surface area contributed by atoms with E-state index in [4.69, 9.17) is 10.7 Å². The fraction of sp³-hybridized carbons (Fsp3) is 0.250. The number of nitrogens with two attached hydrogens (primary N) is 1. The van der Waals surface area contributed by atoms with E-state index in [0.29, 0.717) is 46.6 Å². The summed E-state index contributed by atoms with van der Waals surface area (Å²) in [5.74, 6) is 0.955. The van der Waals surface area contributed by atoms with Crippen molar-refractivity contribution in [1.82, 2.24) is 24.3 Å². The number of imidazole rings is 1. The van der Waals surface area contributed by atoms with Crippen molar-refractivity contribution in [2.75, 3.05) is 17.6 Å². The number of anilines is 2. The van der Waals surface area contributed by atoms with Gasteiger partial charge in [0.15, 0.2) is 0 Å². The van der Waals surface area contributed by atoms with Crippen LogP contribution in [-0.2, 0) is 4.79 Å². The summed E-state index contributed by atoms with van der Waals surface area (Å²) in [5, 5.41) is 2.91. The zero-order chi connectivity index (χ0) is 26.1. The quantitative estimate of drug-likeness (QED) is 0.378. The van der Waals surface area contributed by atoms with Gasteiger partial charge in [0.1, 0.15) is 22.9 Å². The summed E-state index contributed by atoms with van der Waals surface area (Å²) in [5.41, 5.74) is 10.3. The third kappa shape index (κ3) is 4.55. The number of fused-ring (bicyclic) bond motifs is 1. The molecular weight excluding hydrogens is 466 g/mol. The van der Waals surface area contributed by atoms with Gasteiger partial charge in [-0.2, -0.15) is 0 Å². The molecule has 0 spiro atoms. The van der Waals surface area contributed by atoms with Crippen molar-refractivity contribution in [3.63, 3.8) is 0 Å². The summed E-state index contributed by atoms with van der Waals surface area (Å²) in [7, 11) is 0. The molecule has 1 fully saturated rings. The van der Waals surface area contributed by atoms with Gasteiger partial charge in [0.05, 0.1) is 17.9 Å². The van der Waals surface area contributed by atoms with Crippen molar-refractivity contribution in [2.24, 2.45) is 0 Å². The van der Waals surface area contributed by atoms with Crippen LogP contribution in [0.25, 0.3) is 16.8 Å². The second-order valence-electron chi connectivity index (χ2n) is 9.40. The maximum Gasteiger partial charge on any atom is 0.255 e. The second-order valence-corrected chi connectivity index (χ2v) is 9.40. The summed E-state index contributed by atoms with van der Waals surface area (Å²) in [6, 6.07) is 10.8. The lowest BCUT2D eigenvalue weighted by Crippen LogP contribution is -2.29. The zero-order valence-corrected chi connectivity index (χ0v) is 20.9. The monoisotopic (exact) mass is 495 g/mol. The Hall–Kier alpha value is -4.53. The Balaban J connectivity index is 1.51. The summed E-state index contributed by atoms with van der Waals surface area (Å²) in [6.07, 6.45) is 8.07. The van der Waals surface area contributed by atoms with Gasteiger partial charge < -0.3 is 16.0 Å². The van der Waals surface area contributed by atoms with E-state index in [1.54, 1.807) is 35.6 Å². The predicted octanol–water partition coefficient (Wildman–Crippen LogP) is 4.60. The number of likely N-dealkylation sites (tertiary alicyclic amines) is 1. The van der Waals surface area contributed by atoms with Crippen LogP contribution in [-0.4, -0.2) is 42.6 Å². The third-order valence-electron chi connectivity index (χ3n) is 6.65. The van der Waals surface area contributed by atoms with Gasteiger partial charge in [0.2, 0.25) is 5.91 Å². The van der Waals surface area contributed by atoms with E-state index in [1.807, 2.05) is 28.7 Å². The van der Waals surface area contributed by atoms with Crippen molar-refractivity contribution in [1.29, 1.82) is 0 Å². The van der Waals surface area contributed by atoms with Gasteiger partial charge in [-0.25, -0.2) is 9.97 Å². The van der Waals surface area contributed by atoms with Crippen molar-refractivity contribution >= 4 is 28.8 Å². The van der Waals surface area contributed by atoms with Crippen LogP contribution < -0.4 is 11.1 Å². The predicted molar refractivity (Wildman–Crippen MR) is 143 cm³/mol. The van der Waals surface area contributed by atoms with Gasteiger partial charge in [-0.1, -0.05) is 32.6 Å². The molecule has 5 rings (SSSR count). The number of hydrogen-bond donors (Lipinski definition) is 2. The van der Waals surface area contributed by atoms with Gasteiger partial charge in [-0.3, -0.25) is 19.0 Å². The molecule has 4 aromatic rings. The number of amides is 2. The highest BCUT2D eigenvalue weighted by atomic mass is 16.2. The Morgan fingerprint density at radius 1 is 1.22 bits per heavy atom. The number of nitrogens with zero attached hydrogens (tertiary/aromatic N) is 5. The van der Waals surface area contributed by atoms with Gasteiger partial charge in [0, 0.05) is 35.8 Å². The zero-order valence-electron chi connectivity index (χ0n) is 20.9. The average molecular weight is 496 g/mol. The molecule has 9 heteroatoms. The number of nitrogens with one attached hydrogen (secondary N) is 1. The standard InChI is InChI=1S/C28H29N7O2/c1-4-23(36)34-13-6-9-22(34)27-33-24(25-26(29)30-12-14-35(25)27)18-7-5-8-19(15-18)28(37)32-20-10-11-21(17(2)3)31-16-20/h4-5,7-8,10-12,14-17,22H,1,6,9,13H2,2-3H3,(H2,29,30)(H,32,37)/t22-/m0/s1. The molecule has 188 valence electrons. The minimum Gasteiger partial charge on any atom is -0.382 e. The Bertz CT molecular complexity index is 1490. The van der Waals surface area contributed by atoms with Crippen molar-refractivity contribution < 1.29 is 9.59 Å². The van der Waals surface area contributed by atoms with E-state index in [2.05, 4.69) is 35.7 Å². The maximum atomic E-state index is 13.1. The highest BCUT2D eigenvalue weighted by molar-refractivity contribution is 6.05. The first-order chi connectivity index (χ1) is 17.9. The molecule has 2 amide bonds. The highest BCUT2D eigenvalue weighted by Gasteiger charge is 2.33. The van der Waals surface area contributed by atoms with Crippen LogP contribution in [0.4, 0.5) is 11.5 Å².